The second-order valence-electron chi connectivity index (χ2n) is 5.06. The molecule has 1 atom stereocenters. The molecule has 0 unspecified atom stereocenters. The molecule has 0 radical (unpaired) electrons. The third-order valence-electron chi connectivity index (χ3n) is 3.45. The molecule has 0 aromatic heterocycles. The summed E-state index contributed by atoms with van der Waals surface area (Å²) in [5, 5.41) is 10.6. The van der Waals surface area contributed by atoms with Gasteiger partial charge in [-0.05, 0) is 30.9 Å². The molecule has 0 fully saturated rings. The van der Waals surface area contributed by atoms with Crippen molar-refractivity contribution in [2.24, 2.45) is 5.92 Å². The summed E-state index contributed by atoms with van der Waals surface area (Å²) >= 11 is 3.53. The summed E-state index contributed by atoms with van der Waals surface area (Å²) in [6.07, 6.45) is 5.02. The zero-order chi connectivity index (χ0) is 13.6. The average molecular weight is 311 g/mol. The van der Waals surface area contributed by atoms with Crippen LogP contribution >= 0.6 is 15.9 Å². The standard InChI is InChI=1S/C16H23BrO/c1-4-13(5-2)12-16(3,18)15(17)11-14-9-7-6-8-10-14/h6-11,13,18H,4-5,12H2,1-3H3/b15-11-/t16-/m1/s1. The summed E-state index contributed by atoms with van der Waals surface area (Å²) in [5.74, 6) is 0.566. The first kappa shape index (κ1) is 15.5. The molecule has 100 valence electrons. The number of aliphatic hydroxyl groups is 1. The van der Waals surface area contributed by atoms with Gasteiger partial charge in [-0.1, -0.05) is 73.0 Å². The number of hydrogen-bond donors (Lipinski definition) is 1. The summed E-state index contributed by atoms with van der Waals surface area (Å²) in [7, 11) is 0. The molecule has 1 aromatic carbocycles. The van der Waals surface area contributed by atoms with E-state index in [1.807, 2.05) is 43.3 Å². The Morgan fingerprint density at radius 1 is 1.28 bits per heavy atom. The highest BCUT2D eigenvalue weighted by molar-refractivity contribution is 9.11. The molecule has 1 aromatic rings. The van der Waals surface area contributed by atoms with Crippen molar-refractivity contribution in [3.05, 3.63) is 40.4 Å². The summed E-state index contributed by atoms with van der Waals surface area (Å²) in [5.41, 5.74) is 0.321. The van der Waals surface area contributed by atoms with Gasteiger partial charge in [0.2, 0.25) is 0 Å². The number of rotatable bonds is 6. The molecular formula is C16H23BrO. The Bertz CT molecular complexity index is 377. The van der Waals surface area contributed by atoms with Crippen LogP contribution in [0.4, 0.5) is 0 Å². The van der Waals surface area contributed by atoms with Gasteiger partial charge >= 0.3 is 0 Å². The van der Waals surface area contributed by atoms with E-state index in [4.69, 9.17) is 0 Å². The lowest BCUT2D eigenvalue weighted by atomic mass is 9.88. The maximum Gasteiger partial charge on any atom is 0.0935 e. The maximum absolute atomic E-state index is 10.6. The first-order valence-corrected chi connectivity index (χ1v) is 7.44. The molecule has 0 aliphatic heterocycles. The molecule has 0 saturated heterocycles. The van der Waals surface area contributed by atoms with Crippen LogP contribution in [0.1, 0.15) is 45.6 Å². The van der Waals surface area contributed by atoms with E-state index in [1.165, 1.54) is 0 Å². The van der Waals surface area contributed by atoms with Crippen molar-refractivity contribution in [1.29, 1.82) is 0 Å². The summed E-state index contributed by atoms with van der Waals surface area (Å²) in [4.78, 5) is 0. The van der Waals surface area contributed by atoms with Gasteiger partial charge in [0.15, 0.2) is 0 Å². The van der Waals surface area contributed by atoms with Crippen LogP contribution in [0.15, 0.2) is 34.8 Å². The highest BCUT2D eigenvalue weighted by Crippen LogP contribution is 2.32. The minimum Gasteiger partial charge on any atom is -0.385 e. The Morgan fingerprint density at radius 3 is 2.33 bits per heavy atom. The van der Waals surface area contributed by atoms with Crippen molar-refractivity contribution < 1.29 is 5.11 Å². The van der Waals surface area contributed by atoms with Crippen molar-refractivity contribution in [2.45, 2.75) is 45.6 Å². The van der Waals surface area contributed by atoms with Crippen LogP contribution in [0.2, 0.25) is 0 Å². The predicted molar refractivity (Wildman–Crippen MR) is 82.7 cm³/mol. The van der Waals surface area contributed by atoms with E-state index < -0.39 is 5.60 Å². The minimum atomic E-state index is -0.785. The topological polar surface area (TPSA) is 20.2 Å². The molecule has 1 N–H and O–H groups in total. The molecule has 18 heavy (non-hydrogen) atoms. The molecule has 0 heterocycles. The largest absolute Gasteiger partial charge is 0.385 e. The molecular weight excluding hydrogens is 288 g/mol. The second kappa shape index (κ2) is 7.10. The molecule has 0 bridgehead atoms. The van der Waals surface area contributed by atoms with Gasteiger partial charge < -0.3 is 5.11 Å². The molecule has 0 spiro atoms. The van der Waals surface area contributed by atoms with Gasteiger partial charge in [0.1, 0.15) is 0 Å². The van der Waals surface area contributed by atoms with Gasteiger partial charge in [0, 0.05) is 4.48 Å². The van der Waals surface area contributed by atoms with Crippen LogP contribution in [0.5, 0.6) is 0 Å². The van der Waals surface area contributed by atoms with E-state index in [2.05, 4.69) is 29.8 Å². The smallest absolute Gasteiger partial charge is 0.0935 e. The van der Waals surface area contributed by atoms with Crippen LogP contribution in [0.25, 0.3) is 6.08 Å². The molecule has 2 heteroatoms. The van der Waals surface area contributed by atoms with Crippen molar-refractivity contribution in [3.63, 3.8) is 0 Å². The van der Waals surface area contributed by atoms with E-state index >= 15 is 0 Å². The van der Waals surface area contributed by atoms with Crippen LogP contribution in [0.3, 0.4) is 0 Å². The van der Waals surface area contributed by atoms with Crippen LogP contribution in [-0.2, 0) is 0 Å². The monoisotopic (exact) mass is 310 g/mol. The first-order valence-electron chi connectivity index (χ1n) is 6.64. The van der Waals surface area contributed by atoms with Crippen LogP contribution in [-0.4, -0.2) is 10.7 Å². The molecule has 1 rings (SSSR count). The third kappa shape index (κ3) is 4.58. The highest BCUT2D eigenvalue weighted by Gasteiger charge is 2.27. The molecule has 0 amide bonds. The first-order chi connectivity index (χ1) is 8.49. The molecule has 0 aliphatic carbocycles. The van der Waals surface area contributed by atoms with E-state index in [0.29, 0.717) is 5.92 Å². The summed E-state index contributed by atoms with van der Waals surface area (Å²) in [6, 6.07) is 10.1. The van der Waals surface area contributed by atoms with Crippen molar-refractivity contribution in [1.82, 2.24) is 0 Å². The van der Waals surface area contributed by atoms with Crippen LogP contribution in [0, 0.1) is 5.92 Å². The fraction of sp³-hybridized carbons (Fsp3) is 0.500. The van der Waals surface area contributed by atoms with Gasteiger partial charge in [0.05, 0.1) is 5.60 Å². The van der Waals surface area contributed by atoms with Crippen LogP contribution < -0.4 is 0 Å². The Hall–Kier alpha value is -0.600. The lowest BCUT2D eigenvalue weighted by molar-refractivity contribution is 0.0779. The van der Waals surface area contributed by atoms with E-state index in [-0.39, 0.29) is 0 Å². The Balaban J connectivity index is 2.81. The Morgan fingerprint density at radius 2 is 1.83 bits per heavy atom. The third-order valence-corrected chi connectivity index (χ3v) is 4.53. The minimum absolute atomic E-state index is 0.566. The van der Waals surface area contributed by atoms with E-state index in [0.717, 1.165) is 29.3 Å². The maximum atomic E-state index is 10.6. The van der Waals surface area contributed by atoms with E-state index in [9.17, 15) is 5.11 Å². The van der Waals surface area contributed by atoms with Crippen molar-refractivity contribution in [3.8, 4) is 0 Å². The summed E-state index contributed by atoms with van der Waals surface area (Å²) in [6.45, 7) is 6.24. The average Bonchev–Trinajstić information content (AvgIpc) is 2.37. The number of benzene rings is 1. The number of hydrogen-bond acceptors (Lipinski definition) is 1. The highest BCUT2D eigenvalue weighted by atomic mass is 79.9. The molecule has 0 saturated carbocycles. The SMILES string of the molecule is CCC(CC)C[C@@](C)(O)/C(Br)=C/c1ccccc1. The van der Waals surface area contributed by atoms with Gasteiger partial charge in [0.25, 0.3) is 0 Å². The van der Waals surface area contributed by atoms with Crippen molar-refractivity contribution >= 4 is 22.0 Å². The lowest BCUT2D eigenvalue weighted by Crippen LogP contribution is -2.27. The van der Waals surface area contributed by atoms with Crippen molar-refractivity contribution in [2.75, 3.05) is 0 Å². The second-order valence-corrected chi connectivity index (χ2v) is 5.92. The lowest BCUT2D eigenvalue weighted by Gasteiger charge is -2.27. The fourth-order valence-corrected chi connectivity index (χ4v) is 2.51. The summed E-state index contributed by atoms with van der Waals surface area (Å²) < 4.78 is 0.855. The Labute approximate surface area is 119 Å². The van der Waals surface area contributed by atoms with Gasteiger partial charge in [-0.25, -0.2) is 0 Å². The van der Waals surface area contributed by atoms with Gasteiger partial charge in [-0.15, -0.1) is 0 Å². The van der Waals surface area contributed by atoms with Gasteiger partial charge in [-0.2, -0.15) is 0 Å². The predicted octanol–water partition coefficient (Wildman–Crippen LogP) is 5.00. The molecule has 0 aliphatic rings. The van der Waals surface area contributed by atoms with Gasteiger partial charge in [-0.3, -0.25) is 0 Å². The zero-order valence-electron chi connectivity index (χ0n) is 11.5. The quantitative estimate of drug-likeness (QED) is 0.784. The zero-order valence-corrected chi connectivity index (χ0v) is 13.1. The molecule has 1 nitrogen and oxygen atoms in total. The van der Waals surface area contributed by atoms with E-state index in [1.54, 1.807) is 0 Å². The Kier molecular flexibility index (Phi) is 6.10. The number of halogens is 1. The normalized spacial score (nSPS) is 15.8. The fourth-order valence-electron chi connectivity index (χ4n) is 2.09.